The molecule has 1 aromatic carbocycles. The van der Waals surface area contributed by atoms with Gasteiger partial charge in [0.2, 0.25) is 0 Å². The quantitative estimate of drug-likeness (QED) is 0.920. The number of alkyl carbamates (subject to hydrolysis) is 1. The molecule has 2 atom stereocenters. The van der Waals surface area contributed by atoms with Gasteiger partial charge in [-0.05, 0) is 26.3 Å². The molecule has 1 saturated heterocycles. The largest absolute Gasteiger partial charge is 0.445 e. The van der Waals surface area contributed by atoms with E-state index in [2.05, 4.69) is 5.32 Å². The third-order valence-corrected chi connectivity index (χ3v) is 3.41. The lowest BCUT2D eigenvalue weighted by Crippen LogP contribution is -2.44. The summed E-state index contributed by atoms with van der Waals surface area (Å²) < 4.78 is 24.3. The van der Waals surface area contributed by atoms with Gasteiger partial charge in [0.15, 0.2) is 0 Å². The van der Waals surface area contributed by atoms with Gasteiger partial charge in [-0.1, -0.05) is 30.3 Å². The number of nitrogens with one attached hydrogen (secondary N) is 1. The number of halogens is 1. The second-order valence-electron chi connectivity index (χ2n) is 6.71. The van der Waals surface area contributed by atoms with Crippen LogP contribution in [0, 0.1) is 0 Å². The minimum absolute atomic E-state index is 0.0496. The number of hydrogen-bond acceptors (Lipinski definition) is 4. The van der Waals surface area contributed by atoms with Crippen LogP contribution in [0.4, 0.5) is 14.0 Å². The molecule has 6 nitrogen and oxygen atoms in total. The molecule has 0 spiro atoms. The monoisotopic (exact) mass is 338 g/mol. The topological polar surface area (TPSA) is 67.9 Å². The summed E-state index contributed by atoms with van der Waals surface area (Å²) in [5, 5.41) is 2.46. The highest BCUT2D eigenvalue weighted by Gasteiger charge is 2.37. The Morgan fingerprint density at radius 2 is 1.92 bits per heavy atom. The van der Waals surface area contributed by atoms with Gasteiger partial charge in [-0.15, -0.1) is 0 Å². The maximum Gasteiger partial charge on any atom is 0.410 e. The molecule has 1 aliphatic heterocycles. The van der Waals surface area contributed by atoms with Crippen LogP contribution in [0.15, 0.2) is 30.3 Å². The zero-order valence-electron chi connectivity index (χ0n) is 14.1. The van der Waals surface area contributed by atoms with Crippen molar-refractivity contribution in [2.24, 2.45) is 0 Å². The van der Waals surface area contributed by atoms with Crippen LogP contribution in [-0.2, 0) is 16.1 Å². The Balaban J connectivity index is 1.81. The second-order valence-corrected chi connectivity index (χ2v) is 6.71. The highest BCUT2D eigenvalue weighted by molar-refractivity contribution is 5.70. The molecule has 1 N–H and O–H groups in total. The van der Waals surface area contributed by atoms with Crippen molar-refractivity contribution in [1.82, 2.24) is 10.2 Å². The van der Waals surface area contributed by atoms with Crippen molar-refractivity contribution in [3.8, 4) is 0 Å². The Labute approximate surface area is 140 Å². The first kappa shape index (κ1) is 18.0. The maximum absolute atomic E-state index is 14.0. The first-order valence-corrected chi connectivity index (χ1v) is 7.84. The molecule has 2 rings (SSSR count). The zero-order valence-corrected chi connectivity index (χ0v) is 14.1. The molecule has 7 heteroatoms. The van der Waals surface area contributed by atoms with Gasteiger partial charge in [-0.2, -0.15) is 0 Å². The lowest BCUT2D eigenvalue weighted by molar-refractivity contribution is 0.0487. The smallest absolute Gasteiger partial charge is 0.410 e. The third kappa shape index (κ3) is 5.40. The summed E-state index contributed by atoms with van der Waals surface area (Å²) in [5.74, 6) is 0. The summed E-state index contributed by atoms with van der Waals surface area (Å²) in [6, 6.07) is 8.43. The summed E-state index contributed by atoms with van der Waals surface area (Å²) in [7, 11) is 0. The van der Waals surface area contributed by atoms with Crippen molar-refractivity contribution in [3.63, 3.8) is 0 Å². The van der Waals surface area contributed by atoms with Gasteiger partial charge < -0.3 is 19.7 Å². The predicted octanol–water partition coefficient (Wildman–Crippen LogP) is 2.87. The average Bonchev–Trinajstić information content (AvgIpc) is 2.85. The van der Waals surface area contributed by atoms with E-state index in [4.69, 9.17) is 9.47 Å². The number of amides is 2. The Morgan fingerprint density at radius 1 is 1.25 bits per heavy atom. The van der Waals surface area contributed by atoms with E-state index in [-0.39, 0.29) is 19.7 Å². The van der Waals surface area contributed by atoms with Crippen molar-refractivity contribution in [1.29, 1.82) is 0 Å². The van der Waals surface area contributed by atoms with Crippen molar-refractivity contribution >= 4 is 12.2 Å². The molecule has 132 valence electrons. The van der Waals surface area contributed by atoms with E-state index in [1.165, 1.54) is 4.90 Å². The molecule has 1 heterocycles. The van der Waals surface area contributed by atoms with Crippen LogP contribution in [0.1, 0.15) is 26.3 Å². The Morgan fingerprint density at radius 3 is 2.54 bits per heavy atom. The number of ether oxygens (including phenoxy) is 2. The van der Waals surface area contributed by atoms with Crippen LogP contribution in [0.2, 0.25) is 0 Å². The third-order valence-electron chi connectivity index (χ3n) is 3.41. The number of rotatable bonds is 3. The number of nitrogens with zero attached hydrogens (tertiary/aromatic N) is 1. The van der Waals surface area contributed by atoms with Gasteiger partial charge in [0.1, 0.15) is 18.4 Å². The normalized spacial score (nSPS) is 20.6. The van der Waals surface area contributed by atoms with Gasteiger partial charge >= 0.3 is 12.2 Å². The van der Waals surface area contributed by atoms with Gasteiger partial charge in [-0.25, -0.2) is 14.0 Å². The fraction of sp³-hybridized carbons (Fsp3) is 0.529. The zero-order chi connectivity index (χ0) is 17.7. The van der Waals surface area contributed by atoms with Crippen LogP contribution >= 0.6 is 0 Å². The van der Waals surface area contributed by atoms with Crippen LogP contribution in [0.3, 0.4) is 0 Å². The standard InChI is InChI=1S/C17H23FN2O4/c1-17(2,3)24-15(21)19-14-10-20(9-13(14)18)16(22)23-11-12-7-5-4-6-8-12/h4-8,13-14H,9-11H2,1-3H3,(H,19,21). The number of benzene rings is 1. The molecule has 1 aliphatic rings. The Bertz CT molecular complexity index is 574. The highest BCUT2D eigenvalue weighted by Crippen LogP contribution is 2.16. The first-order valence-electron chi connectivity index (χ1n) is 7.84. The predicted molar refractivity (Wildman–Crippen MR) is 86.3 cm³/mol. The average molecular weight is 338 g/mol. The van der Waals surface area contributed by atoms with Gasteiger partial charge in [0.25, 0.3) is 0 Å². The SMILES string of the molecule is CC(C)(C)OC(=O)NC1CN(C(=O)OCc2ccccc2)CC1F. The molecule has 0 saturated carbocycles. The maximum atomic E-state index is 14.0. The van der Waals surface area contributed by atoms with Crippen molar-refractivity contribution in [2.75, 3.05) is 13.1 Å². The lowest BCUT2D eigenvalue weighted by atomic mass is 10.2. The Hall–Kier alpha value is -2.31. The number of hydrogen-bond donors (Lipinski definition) is 1. The number of likely N-dealkylation sites (tertiary alicyclic amines) is 1. The fourth-order valence-corrected chi connectivity index (χ4v) is 2.32. The Kier molecular flexibility index (Phi) is 5.64. The summed E-state index contributed by atoms with van der Waals surface area (Å²) >= 11 is 0. The molecule has 1 aromatic rings. The molecule has 2 amide bonds. The number of alkyl halides is 1. The van der Waals surface area contributed by atoms with Crippen molar-refractivity contribution in [3.05, 3.63) is 35.9 Å². The minimum Gasteiger partial charge on any atom is -0.445 e. The van der Waals surface area contributed by atoms with E-state index in [0.717, 1.165) is 5.56 Å². The summed E-state index contributed by atoms with van der Waals surface area (Å²) in [5.41, 5.74) is 0.188. The van der Waals surface area contributed by atoms with E-state index < -0.39 is 30.0 Å². The van der Waals surface area contributed by atoms with E-state index in [1.54, 1.807) is 20.8 Å². The molecular weight excluding hydrogens is 315 g/mol. The highest BCUT2D eigenvalue weighted by atomic mass is 19.1. The molecule has 0 radical (unpaired) electrons. The lowest BCUT2D eigenvalue weighted by Gasteiger charge is -2.22. The number of carbonyl (C=O) groups is 2. The molecule has 0 aliphatic carbocycles. The van der Waals surface area contributed by atoms with E-state index >= 15 is 0 Å². The van der Waals surface area contributed by atoms with E-state index in [1.807, 2.05) is 30.3 Å². The van der Waals surface area contributed by atoms with E-state index in [9.17, 15) is 14.0 Å². The summed E-state index contributed by atoms with van der Waals surface area (Å²) in [6.45, 7) is 5.23. The fourth-order valence-electron chi connectivity index (χ4n) is 2.32. The van der Waals surface area contributed by atoms with Crippen molar-refractivity contribution < 1.29 is 23.5 Å². The first-order chi connectivity index (χ1) is 11.2. The molecular formula is C17H23FN2O4. The summed E-state index contributed by atoms with van der Waals surface area (Å²) in [4.78, 5) is 25.0. The van der Waals surface area contributed by atoms with Gasteiger partial charge in [-0.3, -0.25) is 0 Å². The summed E-state index contributed by atoms with van der Waals surface area (Å²) in [6.07, 6.45) is -2.66. The van der Waals surface area contributed by atoms with Crippen LogP contribution in [-0.4, -0.2) is 48.0 Å². The van der Waals surface area contributed by atoms with E-state index in [0.29, 0.717) is 0 Å². The number of carbonyl (C=O) groups excluding carboxylic acids is 2. The second kappa shape index (κ2) is 7.51. The van der Waals surface area contributed by atoms with Crippen molar-refractivity contribution in [2.45, 2.75) is 45.2 Å². The van der Waals surface area contributed by atoms with Gasteiger partial charge in [0, 0.05) is 6.54 Å². The molecule has 0 bridgehead atoms. The van der Waals surface area contributed by atoms with Gasteiger partial charge in [0.05, 0.1) is 12.6 Å². The minimum atomic E-state index is -1.36. The molecule has 0 aromatic heterocycles. The molecule has 24 heavy (non-hydrogen) atoms. The van der Waals surface area contributed by atoms with Crippen LogP contribution < -0.4 is 5.32 Å². The van der Waals surface area contributed by atoms with Crippen LogP contribution in [0.25, 0.3) is 0 Å². The molecule has 1 fully saturated rings. The van der Waals surface area contributed by atoms with Crippen LogP contribution in [0.5, 0.6) is 0 Å². The molecule has 2 unspecified atom stereocenters.